The fraction of sp³-hybridized carbons (Fsp3) is 0.619. The van der Waals surface area contributed by atoms with Crippen LogP contribution in [0, 0.1) is 5.92 Å². The number of rotatable bonds is 10. The van der Waals surface area contributed by atoms with Gasteiger partial charge in [0.1, 0.15) is 0 Å². The lowest BCUT2D eigenvalue weighted by Crippen LogP contribution is -2.33. The van der Waals surface area contributed by atoms with E-state index in [4.69, 9.17) is 0 Å². The molecular formula is C21H33NO. The third-order valence-electron chi connectivity index (χ3n) is 5.12. The van der Waals surface area contributed by atoms with Crippen molar-refractivity contribution in [3.63, 3.8) is 0 Å². The molecule has 0 aliphatic carbocycles. The smallest absolute Gasteiger partial charge is 0.0771 e. The van der Waals surface area contributed by atoms with Gasteiger partial charge in [0.15, 0.2) is 0 Å². The Balaban J connectivity index is 1.80. The number of aliphatic hydroxyl groups is 1. The Bertz CT molecular complexity index is 444. The standard InChI is InChI=1S/C21H33NO/c1-3-5-6-7-8-12-15-19-17-22(20(4-2)21(19)23)16-18-13-10-9-11-14-18/h4,9-11,13-14,19-21,23H,2-3,5-8,12,15-17H2,1H3/t19-,20-,21+/m0/s1. The Morgan fingerprint density at radius 3 is 2.52 bits per heavy atom. The van der Waals surface area contributed by atoms with E-state index in [-0.39, 0.29) is 12.1 Å². The molecule has 1 fully saturated rings. The first-order chi connectivity index (χ1) is 11.3. The number of likely N-dealkylation sites (tertiary alicyclic amines) is 1. The van der Waals surface area contributed by atoms with Crippen LogP contribution in [0.25, 0.3) is 0 Å². The summed E-state index contributed by atoms with van der Waals surface area (Å²) in [5.41, 5.74) is 1.31. The van der Waals surface area contributed by atoms with Crippen molar-refractivity contribution >= 4 is 0 Å². The maximum absolute atomic E-state index is 10.6. The first kappa shape index (κ1) is 18.2. The molecule has 0 saturated carbocycles. The Morgan fingerprint density at radius 1 is 1.13 bits per heavy atom. The van der Waals surface area contributed by atoms with E-state index >= 15 is 0 Å². The van der Waals surface area contributed by atoms with Crippen LogP contribution in [0.4, 0.5) is 0 Å². The monoisotopic (exact) mass is 315 g/mol. The molecule has 1 aliphatic heterocycles. The predicted molar refractivity (Wildman–Crippen MR) is 98.3 cm³/mol. The topological polar surface area (TPSA) is 23.5 Å². The molecule has 2 nitrogen and oxygen atoms in total. The van der Waals surface area contributed by atoms with E-state index in [1.807, 2.05) is 6.08 Å². The normalized spacial score (nSPS) is 24.9. The van der Waals surface area contributed by atoms with Crippen LogP contribution >= 0.6 is 0 Å². The summed E-state index contributed by atoms with van der Waals surface area (Å²) in [7, 11) is 0. The molecular weight excluding hydrogens is 282 g/mol. The van der Waals surface area contributed by atoms with Crippen LogP contribution in [0.5, 0.6) is 0 Å². The summed E-state index contributed by atoms with van der Waals surface area (Å²) >= 11 is 0. The highest BCUT2D eigenvalue weighted by molar-refractivity contribution is 5.16. The van der Waals surface area contributed by atoms with Gasteiger partial charge < -0.3 is 5.11 Å². The van der Waals surface area contributed by atoms with Crippen molar-refractivity contribution in [3.05, 3.63) is 48.6 Å². The summed E-state index contributed by atoms with van der Waals surface area (Å²) < 4.78 is 0. The van der Waals surface area contributed by atoms with Crippen LogP contribution in [0.1, 0.15) is 57.4 Å². The third kappa shape index (κ3) is 5.47. The molecule has 1 aromatic rings. The molecule has 1 N–H and O–H groups in total. The van der Waals surface area contributed by atoms with Gasteiger partial charge in [-0.1, -0.05) is 81.9 Å². The molecule has 0 amide bonds. The van der Waals surface area contributed by atoms with Crippen molar-refractivity contribution in [2.75, 3.05) is 6.54 Å². The Kier molecular flexibility index (Phi) is 7.84. The van der Waals surface area contributed by atoms with Crippen molar-refractivity contribution < 1.29 is 5.11 Å². The second kappa shape index (κ2) is 9.89. The number of benzene rings is 1. The van der Waals surface area contributed by atoms with E-state index in [1.165, 1.54) is 44.1 Å². The van der Waals surface area contributed by atoms with Crippen LogP contribution in [0.3, 0.4) is 0 Å². The summed E-state index contributed by atoms with van der Waals surface area (Å²) in [5.74, 6) is 0.396. The van der Waals surface area contributed by atoms with Crippen LogP contribution in [0.15, 0.2) is 43.0 Å². The van der Waals surface area contributed by atoms with Gasteiger partial charge in [0.2, 0.25) is 0 Å². The summed E-state index contributed by atoms with van der Waals surface area (Å²) in [6.45, 7) is 8.10. The molecule has 2 rings (SSSR count). The van der Waals surface area contributed by atoms with Gasteiger partial charge in [0.05, 0.1) is 12.1 Å². The van der Waals surface area contributed by atoms with E-state index in [0.29, 0.717) is 5.92 Å². The van der Waals surface area contributed by atoms with E-state index in [1.54, 1.807) is 0 Å². The fourth-order valence-corrected chi connectivity index (χ4v) is 3.75. The molecule has 128 valence electrons. The van der Waals surface area contributed by atoms with Crippen LogP contribution in [-0.4, -0.2) is 28.7 Å². The quantitative estimate of drug-likeness (QED) is 0.496. The van der Waals surface area contributed by atoms with Gasteiger partial charge >= 0.3 is 0 Å². The van der Waals surface area contributed by atoms with Gasteiger partial charge in [0.25, 0.3) is 0 Å². The maximum Gasteiger partial charge on any atom is 0.0771 e. The summed E-state index contributed by atoms with van der Waals surface area (Å²) in [6, 6.07) is 10.6. The van der Waals surface area contributed by atoms with Crippen LogP contribution in [0.2, 0.25) is 0 Å². The SMILES string of the molecule is C=C[C@H]1[C@H](O)[C@@H](CCCCCCCC)CN1Cc1ccccc1. The molecule has 3 atom stereocenters. The predicted octanol–water partition coefficient (Wildman–Crippen LogP) is 4.78. The minimum absolute atomic E-state index is 0.0975. The number of aliphatic hydroxyl groups excluding tert-OH is 1. The molecule has 1 saturated heterocycles. The van der Waals surface area contributed by atoms with Crippen LogP contribution < -0.4 is 0 Å². The van der Waals surface area contributed by atoms with E-state index in [0.717, 1.165) is 19.5 Å². The summed E-state index contributed by atoms with van der Waals surface area (Å²) in [4.78, 5) is 2.38. The zero-order valence-electron chi connectivity index (χ0n) is 14.7. The molecule has 0 spiro atoms. The molecule has 0 bridgehead atoms. The number of unbranched alkanes of at least 4 members (excludes halogenated alkanes) is 5. The van der Waals surface area contributed by atoms with Gasteiger partial charge in [-0.25, -0.2) is 0 Å². The highest BCUT2D eigenvalue weighted by Gasteiger charge is 2.38. The van der Waals surface area contributed by atoms with Crippen molar-refractivity contribution in [1.29, 1.82) is 0 Å². The summed E-state index contributed by atoms with van der Waals surface area (Å²) in [6.07, 6.45) is 10.7. The van der Waals surface area contributed by atoms with E-state index < -0.39 is 0 Å². The Morgan fingerprint density at radius 2 is 1.83 bits per heavy atom. The van der Waals surface area contributed by atoms with Gasteiger partial charge in [-0.2, -0.15) is 0 Å². The number of hydrogen-bond donors (Lipinski definition) is 1. The van der Waals surface area contributed by atoms with Crippen LogP contribution in [-0.2, 0) is 6.54 Å². The lowest BCUT2D eigenvalue weighted by molar-refractivity contribution is 0.110. The maximum atomic E-state index is 10.6. The third-order valence-corrected chi connectivity index (χ3v) is 5.12. The van der Waals surface area contributed by atoms with Gasteiger partial charge in [-0.3, -0.25) is 4.90 Å². The average Bonchev–Trinajstić information content (AvgIpc) is 2.86. The zero-order valence-corrected chi connectivity index (χ0v) is 14.7. The fourth-order valence-electron chi connectivity index (χ4n) is 3.75. The minimum atomic E-state index is -0.258. The highest BCUT2D eigenvalue weighted by atomic mass is 16.3. The first-order valence-electron chi connectivity index (χ1n) is 9.34. The van der Waals surface area contributed by atoms with Crippen molar-refractivity contribution in [2.45, 2.75) is 70.6 Å². The molecule has 0 aromatic heterocycles. The van der Waals surface area contributed by atoms with E-state index in [9.17, 15) is 5.11 Å². The first-order valence-corrected chi connectivity index (χ1v) is 9.34. The zero-order chi connectivity index (χ0) is 16.5. The average molecular weight is 316 g/mol. The molecule has 0 radical (unpaired) electrons. The summed E-state index contributed by atoms with van der Waals surface area (Å²) in [5, 5.41) is 10.6. The van der Waals surface area contributed by atoms with Gasteiger partial charge in [0, 0.05) is 13.1 Å². The molecule has 2 heteroatoms. The molecule has 1 aliphatic rings. The molecule has 1 heterocycles. The minimum Gasteiger partial charge on any atom is -0.391 e. The van der Waals surface area contributed by atoms with Crippen molar-refractivity contribution in [1.82, 2.24) is 4.90 Å². The largest absolute Gasteiger partial charge is 0.391 e. The van der Waals surface area contributed by atoms with Gasteiger partial charge in [-0.05, 0) is 17.9 Å². The lowest BCUT2D eigenvalue weighted by atomic mass is 9.95. The second-order valence-corrected chi connectivity index (χ2v) is 6.95. The molecule has 23 heavy (non-hydrogen) atoms. The lowest BCUT2D eigenvalue weighted by Gasteiger charge is -2.23. The van der Waals surface area contributed by atoms with Crippen molar-refractivity contribution in [3.8, 4) is 0 Å². The van der Waals surface area contributed by atoms with Crippen molar-refractivity contribution in [2.24, 2.45) is 5.92 Å². The Labute approximate surface area is 142 Å². The number of hydrogen-bond acceptors (Lipinski definition) is 2. The van der Waals surface area contributed by atoms with E-state index in [2.05, 4.69) is 48.7 Å². The molecule has 1 aromatic carbocycles. The highest BCUT2D eigenvalue weighted by Crippen LogP contribution is 2.30. The second-order valence-electron chi connectivity index (χ2n) is 6.95. The van der Waals surface area contributed by atoms with Gasteiger partial charge in [-0.15, -0.1) is 6.58 Å². The Hall–Kier alpha value is -1.12. The number of nitrogens with zero attached hydrogens (tertiary/aromatic N) is 1. The molecule has 0 unspecified atom stereocenters.